The minimum Gasteiger partial charge on any atom is -0.462 e. The van der Waals surface area contributed by atoms with Crippen LogP contribution in [0, 0.1) is 5.92 Å². The molecule has 2 aromatic rings. The van der Waals surface area contributed by atoms with Crippen molar-refractivity contribution in [3.8, 4) is 0 Å². The molecule has 196 valence electrons. The van der Waals surface area contributed by atoms with Gasteiger partial charge in [0.1, 0.15) is 5.60 Å². The number of ether oxygens (including phenoxy) is 2. The molecule has 9 nitrogen and oxygen atoms in total. The van der Waals surface area contributed by atoms with E-state index in [-0.39, 0.29) is 30.4 Å². The Morgan fingerprint density at radius 2 is 1.51 bits per heavy atom. The Labute approximate surface area is 216 Å². The van der Waals surface area contributed by atoms with Crippen molar-refractivity contribution in [1.82, 2.24) is 15.1 Å². The molecule has 1 N–H and O–H groups in total. The zero-order valence-corrected chi connectivity index (χ0v) is 21.4. The molecule has 4 rings (SSSR count). The quantitative estimate of drug-likeness (QED) is 0.624. The first-order chi connectivity index (χ1) is 17.6. The maximum atomic E-state index is 13.0. The average molecular weight is 508 g/mol. The number of piperazine rings is 1. The number of benzene rings is 2. The third kappa shape index (κ3) is 6.47. The molecule has 1 unspecified atom stereocenters. The fourth-order valence-corrected chi connectivity index (χ4v) is 4.53. The van der Waals surface area contributed by atoms with E-state index < -0.39 is 17.5 Å². The summed E-state index contributed by atoms with van der Waals surface area (Å²) in [4.78, 5) is 53.5. The Morgan fingerprint density at radius 1 is 0.892 bits per heavy atom. The minimum absolute atomic E-state index is 0.111. The van der Waals surface area contributed by atoms with Crippen LogP contribution in [0.1, 0.15) is 53.0 Å². The summed E-state index contributed by atoms with van der Waals surface area (Å²) in [6, 6.07) is 15.7. The van der Waals surface area contributed by atoms with Crippen LogP contribution in [0.3, 0.4) is 0 Å². The third-order valence-corrected chi connectivity index (χ3v) is 6.47. The summed E-state index contributed by atoms with van der Waals surface area (Å²) in [5.74, 6) is -1.35. The van der Waals surface area contributed by atoms with Crippen molar-refractivity contribution >= 4 is 23.9 Å². The number of esters is 1. The number of nitrogens with one attached hydrogen (secondary N) is 1. The molecule has 9 heteroatoms. The number of rotatable bonds is 5. The molecule has 0 aromatic heterocycles. The topological polar surface area (TPSA) is 105 Å². The predicted molar refractivity (Wildman–Crippen MR) is 136 cm³/mol. The number of nitrogens with zero attached hydrogens (tertiary/aromatic N) is 2. The van der Waals surface area contributed by atoms with Gasteiger partial charge in [-0.25, -0.2) is 9.59 Å². The van der Waals surface area contributed by atoms with Crippen molar-refractivity contribution in [2.45, 2.75) is 32.3 Å². The van der Waals surface area contributed by atoms with Gasteiger partial charge in [0.25, 0.3) is 5.91 Å². The molecule has 0 bridgehead atoms. The lowest BCUT2D eigenvalue weighted by molar-refractivity contribution is -0.120. The molecule has 2 aromatic carbocycles. The van der Waals surface area contributed by atoms with Crippen molar-refractivity contribution < 1.29 is 28.7 Å². The molecule has 2 aliphatic rings. The molecule has 2 saturated heterocycles. The monoisotopic (exact) mass is 507 g/mol. The lowest BCUT2D eigenvalue weighted by Gasteiger charge is -2.35. The second-order valence-electron chi connectivity index (χ2n) is 10.3. The van der Waals surface area contributed by atoms with Crippen LogP contribution in [0.25, 0.3) is 0 Å². The molecule has 2 fully saturated rings. The molecule has 0 aliphatic carbocycles. The Kier molecular flexibility index (Phi) is 7.80. The number of carbonyl (C=O) groups is 4. The summed E-state index contributed by atoms with van der Waals surface area (Å²) in [6.07, 6.45) is -0.372. The third-order valence-electron chi connectivity index (χ3n) is 6.47. The van der Waals surface area contributed by atoms with Gasteiger partial charge in [0, 0.05) is 44.2 Å². The van der Waals surface area contributed by atoms with E-state index in [1.54, 1.807) is 58.3 Å². The van der Waals surface area contributed by atoms with E-state index >= 15 is 0 Å². The van der Waals surface area contributed by atoms with E-state index in [4.69, 9.17) is 9.47 Å². The Hall–Kier alpha value is -3.88. The lowest BCUT2D eigenvalue weighted by atomic mass is 9.88. The number of carbonyl (C=O) groups excluding carboxylic acids is 4. The van der Waals surface area contributed by atoms with Gasteiger partial charge in [-0.3, -0.25) is 9.59 Å². The highest BCUT2D eigenvalue weighted by atomic mass is 16.6. The Balaban J connectivity index is 1.34. The summed E-state index contributed by atoms with van der Waals surface area (Å²) in [5.41, 5.74) is 1.18. The first-order valence-electron chi connectivity index (χ1n) is 12.5. The molecule has 2 atom stereocenters. The van der Waals surface area contributed by atoms with Crippen molar-refractivity contribution in [3.05, 3.63) is 71.3 Å². The second-order valence-corrected chi connectivity index (χ2v) is 10.3. The number of amides is 3. The Bertz CT molecular complexity index is 1130. The molecule has 0 saturated carbocycles. The zero-order chi connectivity index (χ0) is 26.6. The summed E-state index contributed by atoms with van der Waals surface area (Å²) in [6.45, 7) is 7.64. The highest BCUT2D eigenvalue weighted by molar-refractivity contribution is 5.95. The van der Waals surface area contributed by atoms with Crippen LogP contribution >= 0.6 is 0 Å². The van der Waals surface area contributed by atoms with Gasteiger partial charge in [0.15, 0.2) is 0 Å². The standard InChI is InChI=1S/C28H33N3O6/c1-28(2,3)37-27(35)31-15-13-30(14-16-31)25(33)20-11-9-19(10-12-20)23-22(17-29-24(23)32)18-36-26(34)21-7-5-4-6-8-21/h4-12,22-23H,13-18H2,1-3H3,(H,29,32)/t22?,23-/m0/s1. The molecule has 2 heterocycles. The first-order valence-corrected chi connectivity index (χ1v) is 12.5. The lowest BCUT2D eigenvalue weighted by Crippen LogP contribution is -2.51. The SMILES string of the molecule is CC(C)(C)OC(=O)N1CCN(C(=O)c2ccc([C@@H]3C(=O)NCC3COC(=O)c3ccccc3)cc2)CC1. The Morgan fingerprint density at radius 3 is 2.14 bits per heavy atom. The van der Waals surface area contributed by atoms with Crippen molar-refractivity contribution in [3.63, 3.8) is 0 Å². The normalized spacial score (nSPS) is 19.8. The largest absolute Gasteiger partial charge is 0.462 e. The van der Waals surface area contributed by atoms with E-state index in [0.717, 1.165) is 5.56 Å². The number of hydrogen-bond donors (Lipinski definition) is 1. The van der Waals surface area contributed by atoms with Crippen molar-refractivity contribution in [2.75, 3.05) is 39.3 Å². The second kappa shape index (κ2) is 11.0. The maximum Gasteiger partial charge on any atom is 0.410 e. The zero-order valence-electron chi connectivity index (χ0n) is 21.4. The van der Waals surface area contributed by atoms with Gasteiger partial charge in [0.2, 0.25) is 5.91 Å². The molecule has 0 radical (unpaired) electrons. The molecule has 37 heavy (non-hydrogen) atoms. The molecule has 0 spiro atoms. The summed E-state index contributed by atoms with van der Waals surface area (Å²) in [7, 11) is 0. The van der Waals surface area contributed by atoms with E-state index in [0.29, 0.717) is 43.9 Å². The van der Waals surface area contributed by atoms with Gasteiger partial charge in [0.05, 0.1) is 18.1 Å². The van der Waals surface area contributed by atoms with Gasteiger partial charge >= 0.3 is 12.1 Å². The maximum absolute atomic E-state index is 13.0. The van der Waals surface area contributed by atoms with E-state index in [2.05, 4.69) is 5.32 Å². The molecular weight excluding hydrogens is 474 g/mol. The predicted octanol–water partition coefficient (Wildman–Crippen LogP) is 3.07. The first kappa shape index (κ1) is 26.2. The van der Waals surface area contributed by atoms with Crippen LogP contribution in [0.2, 0.25) is 0 Å². The fourth-order valence-electron chi connectivity index (χ4n) is 4.53. The summed E-state index contributed by atoms with van der Waals surface area (Å²) < 4.78 is 10.9. The van der Waals surface area contributed by atoms with Crippen LogP contribution < -0.4 is 5.32 Å². The van der Waals surface area contributed by atoms with Crippen LogP contribution in [-0.2, 0) is 14.3 Å². The van der Waals surface area contributed by atoms with Gasteiger partial charge < -0.3 is 24.6 Å². The van der Waals surface area contributed by atoms with E-state index in [9.17, 15) is 19.2 Å². The van der Waals surface area contributed by atoms with Crippen LogP contribution in [0.4, 0.5) is 4.79 Å². The minimum atomic E-state index is -0.565. The van der Waals surface area contributed by atoms with Gasteiger partial charge in [-0.2, -0.15) is 0 Å². The van der Waals surface area contributed by atoms with Crippen LogP contribution in [0.5, 0.6) is 0 Å². The summed E-state index contributed by atoms with van der Waals surface area (Å²) in [5, 5.41) is 2.85. The van der Waals surface area contributed by atoms with E-state index in [1.807, 2.05) is 26.8 Å². The smallest absolute Gasteiger partial charge is 0.410 e. The van der Waals surface area contributed by atoms with Gasteiger partial charge in [-0.15, -0.1) is 0 Å². The van der Waals surface area contributed by atoms with Gasteiger partial charge in [-0.05, 0) is 50.6 Å². The highest BCUT2D eigenvalue weighted by Crippen LogP contribution is 2.30. The van der Waals surface area contributed by atoms with Crippen molar-refractivity contribution in [1.29, 1.82) is 0 Å². The van der Waals surface area contributed by atoms with Crippen molar-refractivity contribution in [2.24, 2.45) is 5.92 Å². The highest BCUT2D eigenvalue weighted by Gasteiger charge is 2.37. The van der Waals surface area contributed by atoms with Crippen LogP contribution in [-0.4, -0.2) is 78.6 Å². The summed E-state index contributed by atoms with van der Waals surface area (Å²) >= 11 is 0. The molecule has 2 aliphatic heterocycles. The number of hydrogen-bond acceptors (Lipinski definition) is 6. The fraction of sp³-hybridized carbons (Fsp3) is 0.429. The average Bonchev–Trinajstić information content (AvgIpc) is 3.26. The van der Waals surface area contributed by atoms with E-state index in [1.165, 1.54) is 0 Å². The van der Waals surface area contributed by atoms with Crippen LogP contribution in [0.15, 0.2) is 54.6 Å². The molecule has 3 amide bonds. The van der Waals surface area contributed by atoms with Gasteiger partial charge in [-0.1, -0.05) is 30.3 Å². The molecular formula is C28H33N3O6.